The van der Waals surface area contributed by atoms with Crippen molar-refractivity contribution in [2.45, 2.75) is 18.9 Å². The molecule has 0 bridgehead atoms. The Kier molecular flexibility index (Phi) is 5.44. The average molecular weight is 394 g/mol. The lowest BCUT2D eigenvalue weighted by Gasteiger charge is -2.29. The van der Waals surface area contributed by atoms with Crippen LogP contribution in [-0.2, 0) is 4.79 Å². The predicted octanol–water partition coefficient (Wildman–Crippen LogP) is 2.31. The van der Waals surface area contributed by atoms with Gasteiger partial charge in [0.05, 0.1) is 12.2 Å². The van der Waals surface area contributed by atoms with Gasteiger partial charge >= 0.3 is 0 Å². The van der Waals surface area contributed by atoms with E-state index >= 15 is 0 Å². The van der Waals surface area contributed by atoms with Crippen molar-refractivity contribution < 1.29 is 4.79 Å². The highest BCUT2D eigenvalue weighted by Crippen LogP contribution is 2.22. The lowest BCUT2D eigenvalue weighted by atomic mass is 10.1. The van der Waals surface area contributed by atoms with E-state index in [1.54, 1.807) is 6.07 Å². The molecule has 1 heterocycles. The van der Waals surface area contributed by atoms with Gasteiger partial charge in [-0.15, -0.1) is 0 Å². The number of rotatable bonds is 3. The molecule has 0 spiro atoms. The minimum atomic E-state index is 0.00992. The number of nitrogens with one attached hydrogen (secondary N) is 1. The van der Waals surface area contributed by atoms with Gasteiger partial charge in [-0.1, -0.05) is 11.6 Å². The molecular weight excluding hydrogens is 377 g/mol. The molecule has 104 valence electrons. The molecule has 1 fully saturated rings. The first kappa shape index (κ1) is 15.0. The summed E-state index contributed by atoms with van der Waals surface area (Å²) in [5.74, 6) is 0.00992. The van der Waals surface area contributed by atoms with Crippen LogP contribution in [0.5, 0.6) is 0 Å². The van der Waals surface area contributed by atoms with Crippen molar-refractivity contribution in [3.05, 3.63) is 26.8 Å². The number of amides is 1. The Labute approximate surface area is 131 Å². The number of nitrogens with two attached hydrogens (primary N) is 1. The number of nitrogens with zero attached hydrogens (tertiary/aromatic N) is 1. The molecule has 1 amide bonds. The fraction of sp³-hybridized carbons (Fsp3) is 0.462. The lowest BCUT2D eigenvalue weighted by Crippen LogP contribution is -2.43. The SMILES string of the molecule is NC1CCN(CC(=O)Nc2ccc(Cl)cc2I)CC1. The van der Waals surface area contributed by atoms with E-state index in [0.717, 1.165) is 35.2 Å². The minimum absolute atomic E-state index is 0.00992. The first-order chi connectivity index (χ1) is 9.04. The van der Waals surface area contributed by atoms with Gasteiger partial charge in [-0.2, -0.15) is 0 Å². The number of carbonyl (C=O) groups excluding carboxylic acids is 1. The number of piperidine rings is 1. The van der Waals surface area contributed by atoms with E-state index in [9.17, 15) is 4.79 Å². The maximum Gasteiger partial charge on any atom is 0.238 e. The Morgan fingerprint density at radius 2 is 2.16 bits per heavy atom. The van der Waals surface area contributed by atoms with E-state index in [1.807, 2.05) is 12.1 Å². The van der Waals surface area contributed by atoms with Gasteiger partial charge in [0.2, 0.25) is 5.91 Å². The third kappa shape index (κ3) is 4.59. The molecule has 0 atom stereocenters. The molecule has 1 saturated heterocycles. The highest BCUT2D eigenvalue weighted by atomic mass is 127. The van der Waals surface area contributed by atoms with Gasteiger partial charge in [0, 0.05) is 27.7 Å². The van der Waals surface area contributed by atoms with Crippen molar-refractivity contribution in [1.82, 2.24) is 4.90 Å². The number of hydrogen-bond donors (Lipinski definition) is 2. The van der Waals surface area contributed by atoms with Gasteiger partial charge in [-0.3, -0.25) is 9.69 Å². The van der Waals surface area contributed by atoms with Crippen molar-refractivity contribution in [1.29, 1.82) is 0 Å². The molecule has 2 rings (SSSR count). The van der Waals surface area contributed by atoms with Crippen molar-refractivity contribution in [3.8, 4) is 0 Å². The van der Waals surface area contributed by atoms with Gasteiger partial charge in [0.15, 0.2) is 0 Å². The summed E-state index contributed by atoms with van der Waals surface area (Å²) in [6.45, 7) is 2.21. The molecule has 1 aromatic carbocycles. The highest BCUT2D eigenvalue weighted by molar-refractivity contribution is 14.1. The molecule has 1 aliphatic heterocycles. The fourth-order valence-electron chi connectivity index (χ4n) is 2.09. The quantitative estimate of drug-likeness (QED) is 0.775. The molecule has 1 aliphatic rings. The molecular formula is C13H17ClIN3O. The smallest absolute Gasteiger partial charge is 0.238 e. The van der Waals surface area contributed by atoms with E-state index in [-0.39, 0.29) is 11.9 Å². The Balaban J connectivity index is 1.87. The zero-order valence-corrected chi connectivity index (χ0v) is 13.4. The summed E-state index contributed by atoms with van der Waals surface area (Å²) in [5, 5.41) is 3.59. The Morgan fingerprint density at radius 3 is 2.79 bits per heavy atom. The second-order valence-electron chi connectivity index (χ2n) is 4.79. The Bertz CT molecular complexity index is 461. The first-order valence-electron chi connectivity index (χ1n) is 6.27. The molecule has 4 nitrogen and oxygen atoms in total. The second kappa shape index (κ2) is 6.88. The molecule has 1 aromatic rings. The van der Waals surface area contributed by atoms with Gasteiger partial charge < -0.3 is 11.1 Å². The zero-order chi connectivity index (χ0) is 13.8. The van der Waals surface area contributed by atoms with Crippen molar-refractivity contribution in [3.63, 3.8) is 0 Å². The van der Waals surface area contributed by atoms with Crippen LogP contribution in [0.3, 0.4) is 0 Å². The molecule has 19 heavy (non-hydrogen) atoms. The van der Waals surface area contributed by atoms with Crippen molar-refractivity contribution in [2.24, 2.45) is 5.73 Å². The standard InChI is InChI=1S/C13H17ClIN3O/c14-9-1-2-12(11(15)7-9)17-13(19)8-18-5-3-10(16)4-6-18/h1-2,7,10H,3-6,8,16H2,(H,17,19). The van der Waals surface area contributed by atoms with E-state index in [2.05, 4.69) is 32.8 Å². The summed E-state index contributed by atoms with van der Waals surface area (Å²) in [4.78, 5) is 14.1. The summed E-state index contributed by atoms with van der Waals surface area (Å²) in [5.41, 5.74) is 6.65. The topological polar surface area (TPSA) is 58.4 Å². The van der Waals surface area contributed by atoms with Gasteiger partial charge in [0.25, 0.3) is 0 Å². The Hall–Kier alpha value is -0.370. The molecule has 0 aromatic heterocycles. The maximum absolute atomic E-state index is 12.0. The molecule has 6 heteroatoms. The second-order valence-corrected chi connectivity index (χ2v) is 6.38. The zero-order valence-electron chi connectivity index (χ0n) is 10.5. The van der Waals surface area contributed by atoms with Crippen LogP contribution in [0.1, 0.15) is 12.8 Å². The van der Waals surface area contributed by atoms with Gasteiger partial charge in [-0.05, 0) is 53.6 Å². The molecule has 0 unspecified atom stereocenters. The fourth-order valence-corrected chi connectivity index (χ4v) is 3.10. The van der Waals surface area contributed by atoms with Crippen LogP contribution in [0.15, 0.2) is 18.2 Å². The normalized spacial score (nSPS) is 17.4. The molecule has 0 saturated carbocycles. The summed E-state index contributed by atoms with van der Waals surface area (Å²) in [6, 6.07) is 5.72. The molecule has 0 radical (unpaired) electrons. The molecule has 3 N–H and O–H groups in total. The maximum atomic E-state index is 12.0. The highest BCUT2D eigenvalue weighted by Gasteiger charge is 2.18. The average Bonchev–Trinajstić information content (AvgIpc) is 2.36. The van der Waals surface area contributed by atoms with Crippen LogP contribution in [0.2, 0.25) is 5.02 Å². The van der Waals surface area contributed by atoms with Crippen LogP contribution in [0.25, 0.3) is 0 Å². The summed E-state index contributed by atoms with van der Waals surface area (Å²) in [6.07, 6.45) is 1.93. The number of hydrogen-bond acceptors (Lipinski definition) is 3. The van der Waals surface area contributed by atoms with Crippen LogP contribution >= 0.6 is 34.2 Å². The lowest BCUT2D eigenvalue weighted by molar-refractivity contribution is -0.117. The van der Waals surface area contributed by atoms with Crippen LogP contribution < -0.4 is 11.1 Å². The van der Waals surface area contributed by atoms with Gasteiger partial charge in [0.1, 0.15) is 0 Å². The number of halogens is 2. The third-order valence-corrected chi connectivity index (χ3v) is 4.33. The number of carbonyl (C=O) groups is 1. The van der Waals surface area contributed by atoms with E-state index in [4.69, 9.17) is 17.3 Å². The number of likely N-dealkylation sites (tertiary alicyclic amines) is 1. The first-order valence-corrected chi connectivity index (χ1v) is 7.73. The molecule has 0 aliphatic carbocycles. The van der Waals surface area contributed by atoms with Crippen molar-refractivity contribution >= 4 is 45.8 Å². The Morgan fingerprint density at radius 1 is 1.47 bits per heavy atom. The van der Waals surface area contributed by atoms with Crippen LogP contribution in [-0.4, -0.2) is 36.5 Å². The number of benzene rings is 1. The largest absolute Gasteiger partial charge is 0.328 e. The van der Waals surface area contributed by atoms with E-state index in [1.165, 1.54) is 0 Å². The monoisotopic (exact) mass is 393 g/mol. The van der Waals surface area contributed by atoms with Crippen molar-refractivity contribution in [2.75, 3.05) is 25.0 Å². The summed E-state index contributed by atoms with van der Waals surface area (Å²) >= 11 is 8.05. The van der Waals surface area contributed by atoms with Gasteiger partial charge in [-0.25, -0.2) is 0 Å². The summed E-state index contributed by atoms with van der Waals surface area (Å²) < 4.78 is 0.944. The predicted molar refractivity (Wildman–Crippen MR) is 86.4 cm³/mol. The van der Waals surface area contributed by atoms with Crippen LogP contribution in [0.4, 0.5) is 5.69 Å². The minimum Gasteiger partial charge on any atom is -0.328 e. The number of anilines is 1. The third-order valence-electron chi connectivity index (χ3n) is 3.20. The van der Waals surface area contributed by atoms with Crippen LogP contribution in [0, 0.1) is 3.57 Å². The van der Waals surface area contributed by atoms with E-state index in [0.29, 0.717) is 11.6 Å². The summed E-state index contributed by atoms with van der Waals surface area (Å²) in [7, 11) is 0. The van der Waals surface area contributed by atoms with E-state index < -0.39 is 0 Å².